The molecule has 0 fully saturated rings. The highest BCUT2D eigenvalue weighted by atomic mass is 35.5. The Balaban J connectivity index is 1.64. The van der Waals surface area contributed by atoms with Gasteiger partial charge in [-0.25, -0.2) is 9.67 Å². The van der Waals surface area contributed by atoms with Gasteiger partial charge in [0.1, 0.15) is 0 Å². The van der Waals surface area contributed by atoms with E-state index in [-0.39, 0.29) is 29.0 Å². The van der Waals surface area contributed by atoms with Gasteiger partial charge in [0.25, 0.3) is 5.56 Å². The van der Waals surface area contributed by atoms with Gasteiger partial charge in [-0.1, -0.05) is 23.4 Å². The van der Waals surface area contributed by atoms with Gasteiger partial charge in [-0.15, -0.1) is 5.10 Å². The fourth-order valence-corrected chi connectivity index (χ4v) is 2.95. The zero-order valence-electron chi connectivity index (χ0n) is 15.0. The fourth-order valence-electron chi connectivity index (χ4n) is 2.13. The number of anilines is 1. The summed E-state index contributed by atoms with van der Waals surface area (Å²) in [5.74, 6) is 0.444. The molecule has 28 heavy (non-hydrogen) atoms. The van der Waals surface area contributed by atoms with Crippen molar-refractivity contribution in [3.05, 3.63) is 63.5 Å². The molecule has 1 N–H and O–H groups in total. The van der Waals surface area contributed by atoms with Crippen molar-refractivity contribution in [3.8, 4) is 11.8 Å². The number of hydrogen-bond donors (Lipinski definition) is 1. The summed E-state index contributed by atoms with van der Waals surface area (Å²) in [6.45, 7) is 1.79. The highest BCUT2D eigenvalue weighted by molar-refractivity contribution is 7.99. The lowest BCUT2D eigenvalue weighted by Crippen LogP contribution is -2.18. The van der Waals surface area contributed by atoms with Crippen LogP contribution in [-0.2, 0) is 11.8 Å². The van der Waals surface area contributed by atoms with Crippen molar-refractivity contribution in [2.45, 2.75) is 12.1 Å². The molecule has 144 valence electrons. The first-order chi connectivity index (χ1) is 13.4. The van der Waals surface area contributed by atoms with Gasteiger partial charge in [-0.3, -0.25) is 9.59 Å². The Labute approximate surface area is 169 Å². The van der Waals surface area contributed by atoms with Crippen LogP contribution in [0.15, 0.2) is 52.4 Å². The molecular weight excluding hydrogens is 402 g/mol. The molecule has 3 rings (SSSR count). The van der Waals surface area contributed by atoms with Crippen molar-refractivity contribution in [3.63, 3.8) is 0 Å². The molecule has 1 aromatic carbocycles. The van der Waals surface area contributed by atoms with E-state index < -0.39 is 0 Å². The number of nitrogens with zero attached hydrogens (tertiary/aromatic N) is 4. The van der Waals surface area contributed by atoms with Gasteiger partial charge in [0.2, 0.25) is 17.7 Å². The molecule has 0 radical (unpaired) electrons. The van der Waals surface area contributed by atoms with Crippen molar-refractivity contribution >= 4 is 35.0 Å². The van der Waals surface area contributed by atoms with Crippen LogP contribution in [0.3, 0.4) is 0 Å². The molecule has 10 heteroatoms. The highest BCUT2D eigenvalue weighted by Gasteiger charge is 2.10. The lowest BCUT2D eigenvalue weighted by Gasteiger charge is -2.08. The number of amides is 1. The SMILES string of the molecule is Cc1cc(Oc2ccc(=O)n(C)n2)nc(SCC(=O)Nc2ccc(Cl)cc2)n1. The van der Waals surface area contributed by atoms with E-state index in [4.69, 9.17) is 16.3 Å². The first-order valence-corrected chi connectivity index (χ1v) is 9.51. The number of carbonyl (C=O) groups is 1. The number of halogens is 1. The van der Waals surface area contributed by atoms with Gasteiger partial charge in [0.05, 0.1) is 5.75 Å². The van der Waals surface area contributed by atoms with E-state index in [1.807, 2.05) is 0 Å². The summed E-state index contributed by atoms with van der Waals surface area (Å²) in [5, 5.41) is 7.76. The molecule has 2 heterocycles. The zero-order chi connectivity index (χ0) is 20.1. The topological polar surface area (TPSA) is 99.0 Å². The monoisotopic (exact) mass is 417 g/mol. The molecule has 0 aliphatic heterocycles. The lowest BCUT2D eigenvalue weighted by molar-refractivity contribution is -0.113. The van der Waals surface area contributed by atoms with Crippen LogP contribution in [0.1, 0.15) is 5.69 Å². The number of benzene rings is 1. The second-order valence-corrected chi connectivity index (χ2v) is 7.09. The average molecular weight is 418 g/mol. The first-order valence-electron chi connectivity index (χ1n) is 8.15. The molecule has 0 bridgehead atoms. The van der Waals surface area contributed by atoms with Crippen LogP contribution in [0.25, 0.3) is 0 Å². The zero-order valence-corrected chi connectivity index (χ0v) is 16.6. The molecule has 0 unspecified atom stereocenters. The van der Waals surface area contributed by atoms with Crippen molar-refractivity contribution in [1.29, 1.82) is 0 Å². The van der Waals surface area contributed by atoms with Crippen molar-refractivity contribution < 1.29 is 9.53 Å². The van der Waals surface area contributed by atoms with Gasteiger partial charge in [-0.05, 0) is 31.2 Å². The van der Waals surface area contributed by atoms with E-state index in [2.05, 4.69) is 20.4 Å². The van der Waals surface area contributed by atoms with E-state index in [9.17, 15) is 9.59 Å². The van der Waals surface area contributed by atoms with E-state index in [0.29, 0.717) is 21.6 Å². The third-order valence-electron chi connectivity index (χ3n) is 3.42. The third-order valence-corrected chi connectivity index (χ3v) is 4.51. The minimum atomic E-state index is -0.242. The number of hydrogen-bond acceptors (Lipinski definition) is 7. The number of nitrogens with one attached hydrogen (secondary N) is 1. The number of thioether (sulfide) groups is 1. The molecule has 8 nitrogen and oxygen atoms in total. The van der Waals surface area contributed by atoms with Gasteiger partial charge in [-0.2, -0.15) is 4.98 Å². The van der Waals surface area contributed by atoms with Gasteiger partial charge < -0.3 is 10.1 Å². The molecule has 0 aliphatic rings. The van der Waals surface area contributed by atoms with Crippen molar-refractivity contribution in [1.82, 2.24) is 19.7 Å². The Morgan fingerprint density at radius 3 is 2.64 bits per heavy atom. The second-order valence-electron chi connectivity index (χ2n) is 5.71. The van der Waals surface area contributed by atoms with Crippen LogP contribution in [-0.4, -0.2) is 31.4 Å². The standard InChI is InChI=1S/C18H16ClN5O3S/c1-11-9-16(27-15-7-8-17(26)24(2)23-15)22-18(20-11)28-10-14(25)21-13-5-3-12(19)4-6-13/h3-9H,10H2,1-2H3,(H,21,25). The Morgan fingerprint density at radius 2 is 1.93 bits per heavy atom. The fraction of sp³-hybridized carbons (Fsp3) is 0.167. The summed E-state index contributed by atoms with van der Waals surface area (Å²) < 4.78 is 6.77. The molecule has 1 amide bonds. The minimum absolute atomic E-state index is 0.129. The first kappa shape index (κ1) is 19.8. The predicted molar refractivity (Wildman–Crippen MR) is 107 cm³/mol. The number of aryl methyl sites for hydroxylation is 2. The Hall–Kier alpha value is -2.91. The predicted octanol–water partition coefficient (Wildman–Crippen LogP) is 3.06. The van der Waals surface area contributed by atoms with Crippen molar-refractivity contribution in [2.24, 2.45) is 7.05 Å². The summed E-state index contributed by atoms with van der Waals surface area (Å²) in [7, 11) is 1.53. The number of ether oxygens (including phenoxy) is 1. The second kappa shape index (κ2) is 8.85. The summed E-state index contributed by atoms with van der Waals surface area (Å²) >= 11 is 7.01. The summed E-state index contributed by atoms with van der Waals surface area (Å²) in [6, 6.07) is 11.3. The van der Waals surface area contributed by atoms with E-state index in [1.165, 1.54) is 35.6 Å². The lowest BCUT2D eigenvalue weighted by atomic mass is 10.3. The Bertz CT molecular complexity index is 1060. The number of aromatic nitrogens is 4. The highest BCUT2D eigenvalue weighted by Crippen LogP contribution is 2.22. The Kier molecular flexibility index (Phi) is 6.27. The quantitative estimate of drug-likeness (QED) is 0.486. The molecule has 0 spiro atoms. The van der Waals surface area contributed by atoms with Crippen LogP contribution in [0.4, 0.5) is 5.69 Å². The number of carbonyl (C=O) groups excluding carboxylic acids is 1. The molecular formula is C18H16ClN5O3S. The third kappa shape index (κ3) is 5.54. The van der Waals surface area contributed by atoms with Crippen LogP contribution >= 0.6 is 23.4 Å². The van der Waals surface area contributed by atoms with Gasteiger partial charge >= 0.3 is 0 Å². The molecule has 2 aromatic heterocycles. The Morgan fingerprint density at radius 1 is 1.18 bits per heavy atom. The van der Waals surface area contributed by atoms with Crippen molar-refractivity contribution in [2.75, 3.05) is 11.1 Å². The maximum absolute atomic E-state index is 12.1. The molecule has 0 aliphatic carbocycles. The normalized spacial score (nSPS) is 10.5. The van der Waals surface area contributed by atoms with E-state index >= 15 is 0 Å². The van der Waals surface area contributed by atoms with Crippen LogP contribution in [0, 0.1) is 6.92 Å². The average Bonchev–Trinajstić information content (AvgIpc) is 2.65. The largest absolute Gasteiger partial charge is 0.419 e. The molecule has 0 atom stereocenters. The van der Waals surface area contributed by atoms with Crippen LogP contribution < -0.4 is 15.6 Å². The van der Waals surface area contributed by atoms with E-state index in [1.54, 1.807) is 37.3 Å². The molecule has 0 saturated carbocycles. The van der Waals surface area contributed by atoms with E-state index in [0.717, 1.165) is 0 Å². The summed E-state index contributed by atoms with van der Waals surface area (Å²) in [6.07, 6.45) is 0. The maximum atomic E-state index is 12.1. The summed E-state index contributed by atoms with van der Waals surface area (Å²) in [5.41, 5.74) is 1.09. The smallest absolute Gasteiger partial charge is 0.266 e. The van der Waals surface area contributed by atoms with Crippen LogP contribution in [0.5, 0.6) is 11.8 Å². The summed E-state index contributed by atoms with van der Waals surface area (Å²) in [4.78, 5) is 32.1. The number of rotatable bonds is 6. The van der Waals surface area contributed by atoms with Gasteiger partial charge in [0, 0.05) is 41.7 Å². The maximum Gasteiger partial charge on any atom is 0.266 e. The van der Waals surface area contributed by atoms with Crippen LogP contribution in [0.2, 0.25) is 5.02 Å². The molecule has 0 saturated heterocycles. The van der Waals surface area contributed by atoms with Gasteiger partial charge in [0.15, 0.2) is 5.16 Å². The molecule has 3 aromatic rings. The minimum Gasteiger partial charge on any atom is -0.419 e.